The zero-order valence-corrected chi connectivity index (χ0v) is 68.4. The minimum Gasteiger partial charge on any atom is -0.358 e. The smallest absolute Gasteiger partial charge is 0.0996 e. The summed E-state index contributed by atoms with van der Waals surface area (Å²) >= 11 is 3.50. The summed E-state index contributed by atoms with van der Waals surface area (Å²) in [6, 6.07) is 93.6. The summed E-state index contributed by atoms with van der Waals surface area (Å²) in [6.45, 7) is 0. The van der Waals surface area contributed by atoms with Gasteiger partial charge in [-0.2, -0.15) is 0 Å². The predicted octanol–water partition coefficient (Wildman–Crippen LogP) is 21.2. The number of rotatable bonds is 4. The van der Waals surface area contributed by atoms with E-state index < -0.39 is 0 Å². The van der Waals surface area contributed by atoms with Gasteiger partial charge in [-0.15, -0.1) is 6.42 Å². The van der Waals surface area contributed by atoms with E-state index in [1.165, 1.54) is 0 Å². The third-order valence-electron chi connectivity index (χ3n) is 16.4. The van der Waals surface area contributed by atoms with Crippen molar-refractivity contribution in [3.05, 3.63) is 394 Å². The van der Waals surface area contributed by atoms with Gasteiger partial charge in [-0.1, -0.05) is 126 Å². The van der Waals surface area contributed by atoms with Gasteiger partial charge in [0.05, 0.1) is 112 Å². The van der Waals surface area contributed by atoms with Gasteiger partial charge in [-0.25, -0.2) is 19.9 Å². The Morgan fingerprint density at radius 1 is 0.228 bits per heavy atom. The number of fused-ring (bicyclic) bond motifs is 14. The molecule has 0 radical (unpaired) electrons. The summed E-state index contributed by atoms with van der Waals surface area (Å²) in [5, 5.41) is 3.86. The molecule has 0 amide bonds. The molecule has 16 nitrogen and oxygen atoms in total. The zero-order chi connectivity index (χ0) is 74.0. The van der Waals surface area contributed by atoms with Crippen LogP contribution in [0.3, 0.4) is 0 Å². The maximum Gasteiger partial charge on any atom is 0.0996 e. The summed E-state index contributed by atoms with van der Waals surface area (Å²) < 4.78 is 0.989. The van der Waals surface area contributed by atoms with E-state index >= 15 is 0 Å². The predicted molar refractivity (Wildman–Crippen MR) is 453 cm³/mol. The minimum absolute atomic E-state index is 0. The van der Waals surface area contributed by atoms with Crippen molar-refractivity contribution in [3.63, 3.8) is 0 Å². The second-order valence-corrected chi connectivity index (χ2v) is 24.5. The Bertz CT molecular complexity index is 6060. The number of nitrogens with zero attached hydrogens (tertiary/aromatic N) is 16. The fraction of sp³-hybridized carbons (Fsp3) is 0.0106. The average Bonchev–Trinajstić information content (AvgIpc) is 0.742. The molecule has 554 valence electrons. The molecular formula is C94H68BrN16Ru2W-. The molecule has 0 aliphatic heterocycles. The van der Waals surface area contributed by atoms with E-state index in [4.69, 9.17) is 26.4 Å². The SMILES string of the molecule is Brc1ccc2nc3c4cccnc4c4ncccc4c3nc2c1.C.C#Cc1ccccc1.C(#Cc1ccc2nc3c4cccnc4c4ncccc4c3nc2c1)c1ccccc1.[CH3-].[Ru].[Ru].[W].c1ccc(-c2ccccn2)nc1.c1ccc(-c2ccccn2)nc1.c1ccc(-c2ccccn2)nc1.c1ccc(-c2ccccn2)nc1. The fourth-order valence-electron chi connectivity index (χ4n) is 11.4. The summed E-state index contributed by atoms with van der Waals surface area (Å²) in [7, 11) is 0. The molecular weight excluding hydrogens is 1820 g/mol. The van der Waals surface area contributed by atoms with E-state index in [-0.39, 0.29) is 74.9 Å². The van der Waals surface area contributed by atoms with E-state index in [0.717, 1.165) is 154 Å². The molecule has 0 fully saturated rings. The Kier molecular flexibility index (Phi) is 32.4. The third-order valence-corrected chi connectivity index (χ3v) is 16.9. The topological polar surface area (TPSA) is 206 Å². The number of aromatic nitrogens is 16. The van der Waals surface area contributed by atoms with Crippen LogP contribution in [-0.4, -0.2) is 79.7 Å². The molecule has 0 atom stereocenters. The molecule has 0 aliphatic carbocycles. The van der Waals surface area contributed by atoms with Gasteiger partial charge in [0.1, 0.15) is 0 Å². The molecule has 114 heavy (non-hydrogen) atoms. The van der Waals surface area contributed by atoms with Crippen LogP contribution in [-0.2, 0) is 60.0 Å². The van der Waals surface area contributed by atoms with E-state index in [9.17, 15) is 0 Å². The normalized spacial score (nSPS) is 9.89. The molecule has 20 aromatic rings. The molecule has 0 spiro atoms. The van der Waals surface area contributed by atoms with Crippen molar-refractivity contribution in [2.45, 2.75) is 7.43 Å². The Hall–Kier alpha value is -13.1. The van der Waals surface area contributed by atoms with Gasteiger partial charge < -0.3 is 7.43 Å². The second kappa shape index (κ2) is 43.5. The third kappa shape index (κ3) is 21.9. The number of terminal acetylenes is 1. The average molecular weight is 1890 g/mol. The molecule has 20 heteroatoms. The largest absolute Gasteiger partial charge is 0.358 e. The molecule has 0 unspecified atom stereocenters. The van der Waals surface area contributed by atoms with Crippen LogP contribution in [0.15, 0.2) is 370 Å². The van der Waals surface area contributed by atoms with Crippen LogP contribution in [0, 0.1) is 31.6 Å². The molecule has 6 aromatic carbocycles. The summed E-state index contributed by atoms with van der Waals surface area (Å²) in [5.41, 5.74) is 20.3. The van der Waals surface area contributed by atoms with Crippen LogP contribution in [0.25, 0.3) is 133 Å². The van der Waals surface area contributed by atoms with Gasteiger partial charge in [-0.05, 0) is 206 Å². The first-order valence-corrected chi connectivity index (χ1v) is 35.3. The van der Waals surface area contributed by atoms with Gasteiger partial charge >= 0.3 is 0 Å². The van der Waals surface area contributed by atoms with E-state index in [2.05, 4.69) is 93.5 Å². The van der Waals surface area contributed by atoms with Crippen LogP contribution >= 0.6 is 15.9 Å². The minimum atomic E-state index is 0. The molecule has 0 saturated carbocycles. The standard InChI is InChI=1S/C26H14N4.C18H9BrN4.4C10H8N2.C8H6.CH4.CH3.2Ru.W/c1-2-6-17(7-3-1)10-11-18-12-13-21-22(16-18)30-26-20-9-5-15-28-24(20)23-19(25(26)29-21)8-4-14-27-23;19-10-5-6-13-14(9-10)23-18-12-4-2-8-21-16(12)15-11(17(18)22-13)3-1-7-20-15;4*1-3-7-11-9(5-1)10-6-2-4-8-12-10;1-2-8-6-4-3-5-7-8;;;;;/h1-9,12-16H;1-9H;4*1-8H;1,3-7H;1H4;1H3;;;/q;;;;;;;;-1;;;. The van der Waals surface area contributed by atoms with Gasteiger partial charge in [-0.3, -0.25) is 59.8 Å². The number of halogens is 1. The molecule has 20 rings (SSSR count). The number of hydrogen-bond acceptors (Lipinski definition) is 16. The number of pyridine rings is 12. The van der Waals surface area contributed by atoms with Gasteiger partial charge in [0.15, 0.2) is 0 Å². The van der Waals surface area contributed by atoms with Crippen molar-refractivity contribution in [1.29, 1.82) is 0 Å². The van der Waals surface area contributed by atoms with Gasteiger partial charge in [0.25, 0.3) is 0 Å². The van der Waals surface area contributed by atoms with Crippen LogP contribution in [0.2, 0.25) is 0 Å². The Morgan fingerprint density at radius 3 is 0.746 bits per heavy atom. The van der Waals surface area contributed by atoms with Gasteiger partial charge in [0.2, 0.25) is 0 Å². The van der Waals surface area contributed by atoms with E-state index in [1.54, 1.807) is 74.4 Å². The maximum atomic E-state index is 5.10. The molecule has 14 aromatic heterocycles. The second-order valence-electron chi connectivity index (χ2n) is 23.6. The quantitative estimate of drug-likeness (QED) is 0.0528. The number of hydrogen-bond donors (Lipinski definition) is 0. The van der Waals surface area contributed by atoms with Crippen molar-refractivity contribution >= 4 is 104 Å². The van der Waals surface area contributed by atoms with Crippen LogP contribution in [0.1, 0.15) is 24.1 Å². The van der Waals surface area contributed by atoms with Gasteiger partial charge in [0, 0.05) is 177 Å². The van der Waals surface area contributed by atoms with Crippen LogP contribution < -0.4 is 0 Å². The Balaban J connectivity index is 0.000000158. The summed E-state index contributed by atoms with van der Waals surface area (Å²) in [6.07, 6.45) is 26.4. The van der Waals surface area contributed by atoms with Crippen LogP contribution in [0.4, 0.5) is 0 Å². The first-order valence-electron chi connectivity index (χ1n) is 34.5. The summed E-state index contributed by atoms with van der Waals surface area (Å²) in [4.78, 5) is 71.3. The Morgan fingerprint density at radius 2 is 0.474 bits per heavy atom. The molecule has 0 saturated heterocycles. The van der Waals surface area contributed by atoms with E-state index in [0.29, 0.717) is 0 Å². The first kappa shape index (κ1) is 84.9. The van der Waals surface area contributed by atoms with Crippen LogP contribution in [0.5, 0.6) is 0 Å². The number of benzene rings is 6. The van der Waals surface area contributed by atoms with Crippen molar-refractivity contribution in [2.75, 3.05) is 0 Å². The van der Waals surface area contributed by atoms with Crippen molar-refractivity contribution in [1.82, 2.24) is 79.7 Å². The Labute approximate surface area is 708 Å². The summed E-state index contributed by atoms with van der Waals surface area (Å²) in [5.74, 6) is 8.95. The van der Waals surface area contributed by atoms with E-state index in [1.807, 2.05) is 291 Å². The van der Waals surface area contributed by atoms with Crippen molar-refractivity contribution in [3.8, 4) is 69.7 Å². The maximum absolute atomic E-state index is 5.10. The molecule has 0 aliphatic rings. The molecule has 0 bridgehead atoms. The first-order chi connectivity index (χ1) is 54.0. The van der Waals surface area contributed by atoms with Crippen molar-refractivity contribution < 1.29 is 60.0 Å². The zero-order valence-electron chi connectivity index (χ0n) is 60.4. The fourth-order valence-corrected chi connectivity index (χ4v) is 11.7. The monoisotopic (exact) mass is 1890 g/mol. The molecule has 14 heterocycles. The molecule has 0 N–H and O–H groups in total. The van der Waals surface area contributed by atoms with Crippen molar-refractivity contribution in [2.24, 2.45) is 0 Å².